The van der Waals surface area contributed by atoms with Gasteiger partial charge >= 0.3 is 0 Å². The molecule has 31 heavy (non-hydrogen) atoms. The van der Waals surface area contributed by atoms with Gasteiger partial charge in [0.2, 0.25) is 0 Å². The number of likely N-dealkylation sites (tertiary alicyclic amines) is 1. The van der Waals surface area contributed by atoms with E-state index in [1.165, 1.54) is 12.8 Å². The van der Waals surface area contributed by atoms with E-state index in [1.54, 1.807) is 0 Å². The van der Waals surface area contributed by atoms with Gasteiger partial charge in [-0.1, -0.05) is 39.3 Å². The van der Waals surface area contributed by atoms with Crippen molar-refractivity contribution in [3.8, 4) is 5.88 Å². The zero-order chi connectivity index (χ0) is 21.4. The number of aromatic amines is 1. The Morgan fingerprint density at radius 2 is 2.03 bits per heavy atom. The van der Waals surface area contributed by atoms with Gasteiger partial charge in [0.1, 0.15) is 18.0 Å². The number of piperidine rings is 1. The molecule has 0 aliphatic carbocycles. The van der Waals surface area contributed by atoms with Crippen molar-refractivity contribution in [3.05, 3.63) is 58.1 Å². The highest BCUT2D eigenvalue weighted by atomic mass is 79.9. The predicted molar refractivity (Wildman–Crippen MR) is 128 cm³/mol. The maximum absolute atomic E-state index is 10.7. The van der Waals surface area contributed by atoms with Gasteiger partial charge in [0.15, 0.2) is 5.88 Å². The number of aromatic nitrogens is 1. The van der Waals surface area contributed by atoms with E-state index in [4.69, 9.17) is 9.83 Å². The SMILES string of the molecule is CN1CCC(CCON=C2C(c3c(O)[nH]c4ccc(Br)cc34)=Nc3ccccc32)CC1. The van der Waals surface area contributed by atoms with Gasteiger partial charge in [0.25, 0.3) is 0 Å². The lowest BCUT2D eigenvalue weighted by Gasteiger charge is -2.28. The number of para-hydroxylation sites is 1. The number of halogens is 1. The molecule has 0 saturated carbocycles. The summed E-state index contributed by atoms with van der Waals surface area (Å²) in [5.74, 6) is 0.772. The van der Waals surface area contributed by atoms with Crippen molar-refractivity contribution in [2.24, 2.45) is 16.1 Å². The highest BCUT2D eigenvalue weighted by Gasteiger charge is 2.29. The Labute approximate surface area is 189 Å². The van der Waals surface area contributed by atoms with Crippen molar-refractivity contribution in [3.63, 3.8) is 0 Å². The van der Waals surface area contributed by atoms with Crippen molar-refractivity contribution < 1.29 is 9.94 Å². The van der Waals surface area contributed by atoms with Crippen LogP contribution in [0.5, 0.6) is 5.88 Å². The average molecular weight is 481 g/mol. The molecule has 1 fully saturated rings. The van der Waals surface area contributed by atoms with Crippen LogP contribution in [-0.2, 0) is 4.84 Å². The summed E-state index contributed by atoms with van der Waals surface area (Å²) >= 11 is 3.53. The van der Waals surface area contributed by atoms with Crippen LogP contribution in [0.4, 0.5) is 5.69 Å². The number of oxime groups is 1. The lowest BCUT2D eigenvalue weighted by atomic mass is 9.94. The number of aromatic hydroxyl groups is 1. The van der Waals surface area contributed by atoms with Crippen LogP contribution in [0.15, 0.2) is 57.1 Å². The van der Waals surface area contributed by atoms with Crippen molar-refractivity contribution in [2.75, 3.05) is 26.7 Å². The molecule has 160 valence electrons. The molecule has 6 nitrogen and oxygen atoms in total. The third-order valence-electron chi connectivity index (χ3n) is 6.20. The topological polar surface area (TPSA) is 73.2 Å². The minimum atomic E-state index is 0.0821. The largest absolute Gasteiger partial charge is 0.494 e. The number of rotatable bonds is 5. The molecule has 2 aliphatic rings. The van der Waals surface area contributed by atoms with E-state index in [9.17, 15) is 5.11 Å². The van der Waals surface area contributed by atoms with E-state index in [-0.39, 0.29) is 5.88 Å². The molecule has 2 N–H and O–H groups in total. The summed E-state index contributed by atoms with van der Waals surface area (Å²) in [5.41, 5.74) is 4.53. The van der Waals surface area contributed by atoms with Crippen LogP contribution in [0, 0.1) is 5.92 Å². The summed E-state index contributed by atoms with van der Waals surface area (Å²) in [6.45, 7) is 2.89. The molecule has 0 atom stereocenters. The molecule has 0 radical (unpaired) electrons. The van der Waals surface area contributed by atoms with Crippen LogP contribution in [0.1, 0.15) is 30.4 Å². The smallest absolute Gasteiger partial charge is 0.199 e. The molecule has 1 aromatic heterocycles. The summed E-state index contributed by atoms with van der Waals surface area (Å²) < 4.78 is 0.934. The fourth-order valence-corrected chi connectivity index (χ4v) is 4.77. The number of benzene rings is 2. The van der Waals surface area contributed by atoms with Gasteiger partial charge in [-0.3, -0.25) is 0 Å². The van der Waals surface area contributed by atoms with E-state index >= 15 is 0 Å². The van der Waals surface area contributed by atoms with Crippen molar-refractivity contribution in [1.82, 2.24) is 9.88 Å². The number of nitrogens with zero attached hydrogens (tertiary/aromatic N) is 3. The molecule has 0 spiro atoms. The van der Waals surface area contributed by atoms with Crippen LogP contribution in [0.25, 0.3) is 10.9 Å². The minimum absolute atomic E-state index is 0.0821. The first-order valence-corrected chi connectivity index (χ1v) is 11.5. The Kier molecular flexibility index (Phi) is 5.54. The van der Waals surface area contributed by atoms with Gasteiger partial charge in [-0.25, -0.2) is 4.99 Å². The zero-order valence-corrected chi connectivity index (χ0v) is 19.0. The predicted octanol–water partition coefficient (Wildman–Crippen LogP) is 5.22. The van der Waals surface area contributed by atoms with Gasteiger partial charge in [-0.05, 0) is 69.6 Å². The lowest BCUT2D eigenvalue weighted by molar-refractivity contribution is 0.113. The van der Waals surface area contributed by atoms with Crippen LogP contribution in [-0.4, -0.2) is 53.2 Å². The molecule has 1 saturated heterocycles. The number of fused-ring (bicyclic) bond motifs is 2. The second-order valence-corrected chi connectivity index (χ2v) is 9.24. The highest BCUT2D eigenvalue weighted by Crippen LogP contribution is 2.36. The Hall–Kier alpha value is -2.64. The van der Waals surface area contributed by atoms with Crippen LogP contribution in [0.2, 0.25) is 0 Å². The Balaban J connectivity index is 1.43. The maximum atomic E-state index is 10.7. The monoisotopic (exact) mass is 480 g/mol. The molecule has 2 aromatic carbocycles. The Morgan fingerprint density at radius 1 is 1.23 bits per heavy atom. The van der Waals surface area contributed by atoms with E-state index < -0.39 is 0 Å². The van der Waals surface area contributed by atoms with Gasteiger partial charge in [-0.2, -0.15) is 0 Å². The van der Waals surface area contributed by atoms with Gasteiger partial charge < -0.3 is 19.8 Å². The summed E-state index contributed by atoms with van der Waals surface area (Å²) in [6.07, 6.45) is 3.43. The molecule has 3 heterocycles. The molecule has 5 rings (SSSR count). The highest BCUT2D eigenvalue weighted by molar-refractivity contribution is 9.10. The van der Waals surface area contributed by atoms with E-state index in [2.05, 4.69) is 38.0 Å². The molecule has 3 aromatic rings. The molecule has 0 bridgehead atoms. The van der Waals surface area contributed by atoms with Crippen molar-refractivity contribution in [2.45, 2.75) is 19.3 Å². The Bertz CT molecular complexity index is 1180. The normalized spacial score (nSPS) is 18.5. The fraction of sp³-hybridized carbons (Fsp3) is 0.333. The molecule has 0 amide bonds. The number of hydrogen-bond donors (Lipinski definition) is 2. The molecule has 2 aliphatic heterocycles. The second kappa shape index (κ2) is 8.48. The third kappa shape index (κ3) is 4.00. The van der Waals surface area contributed by atoms with Gasteiger partial charge in [0, 0.05) is 20.9 Å². The summed E-state index contributed by atoms with van der Waals surface area (Å²) in [6, 6.07) is 13.7. The van der Waals surface area contributed by atoms with Gasteiger partial charge in [-0.15, -0.1) is 0 Å². The number of aliphatic imine (C=N–C) groups is 1. The average Bonchev–Trinajstić information content (AvgIpc) is 3.28. The first-order chi connectivity index (χ1) is 15.1. The summed E-state index contributed by atoms with van der Waals surface area (Å²) in [7, 11) is 2.18. The number of H-pyrrole nitrogens is 1. The third-order valence-corrected chi connectivity index (χ3v) is 6.70. The zero-order valence-electron chi connectivity index (χ0n) is 17.4. The van der Waals surface area contributed by atoms with E-state index in [0.29, 0.717) is 29.5 Å². The molecular formula is C24H25BrN4O2. The Morgan fingerprint density at radius 3 is 2.87 bits per heavy atom. The number of nitrogens with one attached hydrogen (secondary N) is 1. The van der Waals surface area contributed by atoms with E-state index in [1.807, 2.05) is 42.5 Å². The number of hydrogen-bond acceptors (Lipinski definition) is 5. The quantitative estimate of drug-likeness (QED) is 0.388. The van der Waals surface area contributed by atoms with Crippen molar-refractivity contribution >= 4 is 43.9 Å². The molecular weight excluding hydrogens is 456 g/mol. The summed E-state index contributed by atoms with van der Waals surface area (Å²) in [5, 5.41) is 16.1. The first-order valence-electron chi connectivity index (χ1n) is 10.7. The fourth-order valence-electron chi connectivity index (χ4n) is 4.41. The standard InChI is InChI=1S/C24H25BrN4O2/c1-29-11-8-15(9-12-29)10-13-31-28-22-17-4-2-3-5-19(17)26-23(22)21-18-14-16(25)6-7-20(18)27-24(21)30/h2-7,14-15,27,30H,8-13H2,1H3. The molecule has 0 unspecified atom stereocenters. The first kappa shape index (κ1) is 20.3. The van der Waals surface area contributed by atoms with Crippen molar-refractivity contribution in [1.29, 1.82) is 0 Å². The summed E-state index contributed by atoms with van der Waals surface area (Å²) in [4.78, 5) is 16.0. The molecule has 7 heteroatoms. The second-order valence-electron chi connectivity index (χ2n) is 8.32. The minimum Gasteiger partial charge on any atom is -0.494 e. The van der Waals surface area contributed by atoms with Crippen LogP contribution < -0.4 is 0 Å². The maximum Gasteiger partial charge on any atom is 0.199 e. The van der Waals surface area contributed by atoms with Crippen LogP contribution in [0.3, 0.4) is 0 Å². The lowest BCUT2D eigenvalue weighted by Crippen LogP contribution is -2.30. The van der Waals surface area contributed by atoms with E-state index in [0.717, 1.165) is 46.1 Å². The van der Waals surface area contributed by atoms with Crippen LogP contribution >= 0.6 is 15.9 Å². The van der Waals surface area contributed by atoms with Gasteiger partial charge in [0.05, 0.1) is 11.3 Å².